The normalized spacial score (nSPS) is 19.9. The third-order valence-corrected chi connectivity index (χ3v) is 5.19. The maximum absolute atomic E-state index is 13.1. The molecule has 4 nitrogen and oxygen atoms in total. The highest BCUT2D eigenvalue weighted by atomic mass is 35.5. The van der Waals surface area contributed by atoms with Gasteiger partial charge in [0, 0.05) is 30.0 Å². The van der Waals surface area contributed by atoms with Crippen LogP contribution in [0.1, 0.15) is 30.1 Å². The van der Waals surface area contributed by atoms with Gasteiger partial charge in [-0.15, -0.1) is 12.4 Å². The molecule has 7 heteroatoms. The topological polar surface area (TPSA) is 44.4 Å². The van der Waals surface area contributed by atoms with Crippen LogP contribution in [0.15, 0.2) is 42.5 Å². The van der Waals surface area contributed by atoms with Crippen molar-refractivity contribution in [3.8, 4) is 0 Å². The Balaban J connectivity index is 0.00000261. The minimum atomic E-state index is -0.467. The number of amides is 1. The van der Waals surface area contributed by atoms with Crippen molar-refractivity contribution in [1.82, 2.24) is 4.90 Å². The van der Waals surface area contributed by atoms with Crippen LogP contribution in [-0.4, -0.2) is 36.5 Å². The van der Waals surface area contributed by atoms with Gasteiger partial charge >= 0.3 is 0 Å². The highest BCUT2D eigenvalue weighted by molar-refractivity contribution is 6.34. The predicted octanol–water partition coefficient (Wildman–Crippen LogP) is 5.05. The van der Waals surface area contributed by atoms with E-state index in [0.717, 1.165) is 31.1 Å². The monoisotopic (exact) mass is 411 g/mol. The summed E-state index contributed by atoms with van der Waals surface area (Å²) >= 11 is 5.96. The second-order valence-corrected chi connectivity index (χ2v) is 7.26. The minimum Gasteiger partial charge on any atom is -0.382 e. The van der Waals surface area contributed by atoms with Crippen molar-refractivity contribution in [3.63, 3.8) is 0 Å². The molecule has 0 aliphatic carbocycles. The Hall–Kier alpha value is -1.82. The molecule has 0 bridgehead atoms. The highest BCUT2D eigenvalue weighted by Gasteiger charge is 2.22. The summed E-state index contributed by atoms with van der Waals surface area (Å²) in [6, 6.07) is 12.3. The van der Waals surface area contributed by atoms with Crippen LogP contribution < -0.4 is 10.6 Å². The predicted molar refractivity (Wildman–Crippen MR) is 112 cm³/mol. The van der Waals surface area contributed by atoms with Crippen molar-refractivity contribution < 1.29 is 9.18 Å². The van der Waals surface area contributed by atoms with E-state index in [4.69, 9.17) is 11.6 Å². The van der Waals surface area contributed by atoms with Gasteiger partial charge in [-0.1, -0.05) is 17.7 Å². The number of hydrogen-bond donors (Lipinski definition) is 2. The van der Waals surface area contributed by atoms with Gasteiger partial charge in [-0.05, 0) is 63.2 Å². The molecule has 1 heterocycles. The smallest absolute Gasteiger partial charge is 0.257 e. The zero-order chi connectivity index (χ0) is 18.7. The van der Waals surface area contributed by atoms with Crippen LogP contribution in [0.5, 0.6) is 0 Å². The fourth-order valence-electron chi connectivity index (χ4n) is 3.21. The maximum atomic E-state index is 13.1. The van der Waals surface area contributed by atoms with E-state index in [2.05, 4.69) is 29.5 Å². The number of hydrogen-bond acceptors (Lipinski definition) is 3. The van der Waals surface area contributed by atoms with Crippen LogP contribution in [0.25, 0.3) is 0 Å². The molecule has 27 heavy (non-hydrogen) atoms. The van der Waals surface area contributed by atoms with Crippen molar-refractivity contribution in [2.45, 2.75) is 31.8 Å². The summed E-state index contributed by atoms with van der Waals surface area (Å²) in [5.41, 5.74) is 1.88. The van der Waals surface area contributed by atoms with Gasteiger partial charge in [0.05, 0.1) is 10.6 Å². The molecule has 0 aromatic heterocycles. The van der Waals surface area contributed by atoms with Gasteiger partial charge in [-0.25, -0.2) is 4.39 Å². The first kappa shape index (κ1) is 21.5. The molecule has 1 aliphatic rings. The minimum absolute atomic E-state index is 0. The average molecular weight is 412 g/mol. The van der Waals surface area contributed by atoms with Crippen molar-refractivity contribution in [2.75, 3.05) is 24.2 Å². The summed E-state index contributed by atoms with van der Waals surface area (Å²) in [4.78, 5) is 14.7. The molecule has 1 saturated heterocycles. The Kier molecular flexibility index (Phi) is 7.48. The van der Waals surface area contributed by atoms with E-state index in [0.29, 0.717) is 17.8 Å². The van der Waals surface area contributed by atoms with E-state index in [1.165, 1.54) is 12.1 Å². The number of carbonyl (C=O) groups is 1. The SMILES string of the molecule is CC1CC(Nc2cccc(NC(=O)c3ccc(F)cc3Cl)c2)CCN1C.Cl. The molecular formula is C20H24Cl2FN3O. The fraction of sp³-hybridized carbons (Fsp3) is 0.350. The number of anilines is 2. The lowest BCUT2D eigenvalue weighted by molar-refractivity contribution is 0.102. The molecule has 0 spiro atoms. The van der Waals surface area contributed by atoms with Gasteiger partial charge in [0.2, 0.25) is 0 Å². The quantitative estimate of drug-likeness (QED) is 0.739. The third kappa shape index (κ3) is 5.58. The largest absolute Gasteiger partial charge is 0.382 e. The van der Waals surface area contributed by atoms with Crippen molar-refractivity contribution in [2.24, 2.45) is 0 Å². The van der Waals surface area contributed by atoms with E-state index in [1.54, 1.807) is 0 Å². The first-order valence-electron chi connectivity index (χ1n) is 8.75. The lowest BCUT2D eigenvalue weighted by atomic mass is 9.98. The number of carbonyl (C=O) groups excluding carboxylic acids is 1. The molecule has 3 rings (SSSR count). The molecule has 1 amide bonds. The van der Waals surface area contributed by atoms with Crippen molar-refractivity contribution in [1.29, 1.82) is 0 Å². The van der Waals surface area contributed by atoms with Crippen LogP contribution >= 0.6 is 24.0 Å². The van der Waals surface area contributed by atoms with Gasteiger partial charge in [0.15, 0.2) is 0 Å². The van der Waals surface area contributed by atoms with E-state index < -0.39 is 5.82 Å². The molecule has 1 aliphatic heterocycles. The highest BCUT2D eigenvalue weighted by Crippen LogP contribution is 2.23. The molecule has 2 N–H and O–H groups in total. The summed E-state index contributed by atoms with van der Waals surface area (Å²) in [5, 5.41) is 6.46. The van der Waals surface area contributed by atoms with E-state index in [9.17, 15) is 9.18 Å². The molecule has 2 aromatic carbocycles. The molecular weight excluding hydrogens is 388 g/mol. The average Bonchev–Trinajstić information content (AvgIpc) is 2.58. The standard InChI is InChI=1S/C20H23ClFN3O.ClH/c1-13-10-17(8-9-25(13)2)23-15-4-3-5-16(12-15)24-20(26)18-7-6-14(22)11-19(18)21;/h3-7,11-13,17,23H,8-10H2,1-2H3,(H,24,26);1H. The van der Waals surface area contributed by atoms with Crippen molar-refractivity contribution >= 4 is 41.3 Å². The van der Waals surface area contributed by atoms with Gasteiger partial charge in [-0.3, -0.25) is 4.79 Å². The van der Waals surface area contributed by atoms with E-state index in [1.807, 2.05) is 24.3 Å². The Bertz CT molecular complexity index is 803. The first-order chi connectivity index (χ1) is 12.4. The summed E-state index contributed by atoms with van der Waals surface area (Å²) in [5.74, 6) is -0.829. The number of rotatable bonds is 4. The molecule has 0 saturated carbocycles. The number of nitrogens with one attached hydrogen (secondary N) is 2. The van der Waals surface area contributed by atoms with Crippen LogP contribution in [-0.2, 0) is 0 Å². The summed E-state index contributed by atoms with van der Waals surface area (Å²) in [6.45, 7) is 3.30. The summed E-state index contributed by atoms with van der Waals surface area (Å²) in [7, 11) is 2.15. The Morgan fingerprint density at radius 3 is 2.67 bits per heavy atom. The van der Waals surface area contributed by atoms with E-state index >= 15 is 0 Å². The number of halogens is 3. The molecule has 0 radical (unpaired) electrons. The summed E-state index contributed by atoms with van der Waals surface area (Å²) in [6.07, 6.45) is 2.17. The zero-order valence-corrected chi connectivity index (χ0v) is 16.9. The van der Waals surface area contributed by atoms with Gasteiger partial charge in [0.25, 0.3) is 5.91 Å². The van der Waals surface area contributed by atoms with E-state index in [-0.39, 0.29) is 28.9 Å². The number of piperidine rings is 1. The third-order valence-electron chi connectivity index (χ3n) is 4.88. The Morgan fingerprint density at radius 1 is 1.22 bits per heavy atom. The lowest BCUT2D eigenvalue weighted by Crippen LogP contribution is -2.42. The second kappa shape index (κ2) is 9.40. The first-order valence-corrected chi connectivity index (χ1v) is 9.13. The second-order valence-electron chi connectivity index (χ2n) is 6.85. The zero-order valence-electron chi connectivity index (χ0n) is 15.3. The lowest BCUT2D eigenvalue weighted by Gasteiger charge is -2.35. The van der Waals surface area contributed by atoms with Gasteiger partial charge in [-0.2, -0.15) is 0 Å². The Morgan fingerprint density at radius 2 is 1.96 bits per heavy atom. The van der Waals surface area contributed by atoms with Crippen LogP contribution in [0.3, 0.4) is 0 Å². The summed E-state index contributed by atoms with van der Waals surface area (Å²) < 4.78 is 13.1. The van der Waals surface area contributed by atoms with Gasteiger partial charge < -0.3 is 15.5 Å². The van der Waals surface area contributed by atoms with Gasteiger partial charge in [0.1, 0.15) is 5.82 Å². The van der Waals surface area contributed by atoms with Crippen LogP contribution in [0, 0.1) is 5.82 Å². The fourth-order valence-corrected chi connectivity index (χ4v) is 3.47. The maximum Gasteiger partial charge on any atom is 0.257 e. The molecule has 2 atom stereocenters. The number of nitrogens with zero attached hydrogens (tertiary/aromatic N) is 1. The Labute approximate surface area is 170 Å². The molecule has 2 aromatic rings. The molecule has 2 unspecified atom stereocenters. The molecule has 1 fully saturated rings. The number of likely N-dealkylation sites (tertiary alicyclic amines) is 1. The van der Waals surface area contributed by atoms with Crippen LogP contribution in [0.4, 0.5) is 15.8 Å². The number of benzene rings is 2. The molecule has 146 valence electrons. The van der Waals surface area contributed by atoms with Crippen LogP contribution in [0.2, 0.25) is 5.02 Å². The van der Waals surface area contributed by atoms with Crippen molar-refractivity contribution in [3.05, 3.63) is 58.9 Å².